The summed E-state index contributed by atoms with van der Waals surface area (Å²) >= 11 is 2.05. The SMILES string of the molecule is OC1(CNC2CCSCC2)CCC1. The van der Waals surface area contributed by atoms with E-state index in [1.165, 1.54) is 30.8 Å². The second-order valence-corrected chi connectivity index (χ2v) is 5.57. The van der Waals surface area contributed by atoms with Crippen LogP contribution in [0.4, 0.5) is 0 Å². The molecule has 1 aliphatic heterocycles. The first-order chi connectivity index (χ1) is 6.29. The van der Waals surface area contributed by atoms with Crippen LogP contribution in [0.3, 0.4) is 0 Å². The molecule has 76 valence electrons. The molecule has 1 heterocycles. The van der Waals surface area contributed by atoms with Crippen LogP contribution in [0.1, 0.15) is 32.1 Å². The quantitative estimate of drug-likeness (QED) is 0.723. The van der Waals surface area contributed by atoms with Gasteiger partial charge in [0.15, 0.2) is 0 Å². The molecule has 1 saturated heterocycles. The van der Waals surface area contributed by atoms with E-state index in [2.05, 4.69) is 5.32 Å². The number of hydrogen-bond donors (Lipinski definition) is 2. The zero-order valence-electron chi connectivity index (χ0n) is 8.09. The molecule has 0 bridgehead atoms. The first kappa shape index (κ1) is 9.81. The predicted molar refractivity (Wildman–Crippen MR) is 57.2 cm³/mol. The van der Waals surface area contributed by atoms with Crippen LogP contribution in [0.15, 0.2) is 0 Å². The van der Waals surface area contributed by atoms with E-state index < -0.39 is 0 Å². The van der Waals surface area contributed by atoms with Gasteiger partial charge in [-0.2, -0.15) is 11.8 Å². The van der Waals surface area contributed by atoms with E-state index in [4.69, 9.17) is 0 Å². The topological polar surface area (TPSA) is 32.3 Å². The fraction of sp³-hybridized carbons (Fsp3) is 1.00. The van der Waals surface area contributed by atoms with Crippen LogP contribution < -0.4 is 5.32 Å². The lowest BCUT2D eigenvalue weighted by atomic mass is 9.80. The minimum atomic E-state index is -0.343. The molecule has 0 aromatic carbocycles. The summed E-state index contributed by atoms with van der Waals surface area (Å²) in [5.74, 6) is 2.58. The van der Waals surface area contributed by atoms with Crippen molar-refractivity contribution >= 4 is 11.8 Å². The lowest BCUT2D eigenvalue weighted by molar-refractivity contribution is -0.0333. The largest absolute Gasteiger partial charge is 0.389 e. The number of thioether (sulfide) groups is 1. The molecule has 1 saturated carbocycles. The minimum absolute atomic E-state index is 0.343. The predicted octanol–water partition coefficient (Wildman–Crippen LogP) is 1.39. The first-order valence-electron chi connectivity index (χ1n) is 5.32. The Morgan fingerprint density at radius 3 is 2.54 bits per heavy atom. The molecule has 2 rings (SSSR count). The third-order valence-corrected chi connectivity index (χ3v) is 4.27. The molecular formula is C10H19NOS. The van der Waals surface area contributed by atoms with Crippen LogP contribution in [-0.4, -0.2) is 34.8 Å². The van der Waals surface area contributed by atoms with Crippen molar-refractivity contribution in [1.82, 2.24) is 5.32 Å². The number of nitrogens with one attached hydrogen (secondary N) is 1. The maximum absolute atomic E-state index is 9.87. The highest BCUT2D eigenvalue weighted by Crippen LogP contribution is 2.31. The molecule has 0 aromatic rings. The molecule has 2 fully saturated rings. The third-order valence-electron chi connectivity index (χ3n) is 3.23. The Hall–Kier alpha value is 0.270. The average molecular weight is 201 g/mol. The highest BCUT2D eigenvalue weighted by molar-refractivity contribution is 7.99. The Morgan fingerprint density at radius 2 is 2.00 bits per heavy atom. The number of hydrogen-bond acceptors (Lipinski definition) is 3. The van der Waals surface area contributed by atoms with Crippen LogP contribution in [0.25, 0.3) is 0 Å². The first-order valence-corrected chi connectivity index (χ1v) is 6.48. The van der Waals surface area contributed by atoms with Crippen LogP contribution in [0.2, 0.25) is 0 Å². The summed E-state index contributed by atoms with van der Waals surface area (Å²) < 4.78 is 0. The summed E-state index contributed by atoms with van der Waals surface area (Å²) in [6, 6.07) is 0.672. The third kappa shape index (κ3) is 2.61. The molecule has 1 aliphatic carbocycles. The summed E-state index contributed by atoms with van der Waals surface area (Å²) in [7, 11) is 0. The standard InChI is InChI=1S/C10H19NOS/c12-10(4-1-5-10)8-11-9-2-6-13-7-3-9/h9,11-12H,1-8H2. The van der Waals surface area contributed by atoms with Crippen molar-refractivity contribution in [2.75, 3.05) is 18.1 Å². The van der Waals surface area contributed by atoms with Crippen LogP contribution in [0.5, 0.6) is 0 Å². The zero-order chi connectivity index (χ0) is 9.15. The molecule has 2 N–H and O–H groups in total. The summed E-state index contributed by atoms with van der Waals surface area (Å²) in [5, 5.41) is 13.4. The Labute approximate surface area is 84.5 Å². The Morgan fingerprint density at radius 1 is 1.31 bits per heavy atom. The van der Waals surface area contributed by atoms with E-state index in [0.717, 1.165) is 19.4 Å². The molecule has 0 atom stereocenters. The molecule has 0 amide bonds. The van der Waals surface area contributed by atoms with Crippen molar-refractivity contribution in [3.8, 4) is 0 Å². The smallest absolute Gasteiger partial charge is 0.0771 e. The van der Waals surface area contributed by atoms with Crippen LogP contribution in [0, 0.1) is 0 Å². The van der Waals surface area contributed by atoms with Gasteiger partial charge < -0.3 is 10.4 Å². The molecule has 2 nitrogen and oxygen atoms in total. The maximum Gasteiger partial charge on any atom is 0.0771 e. The molecule has 0 aromatic heterocycles. The van der Waals surface area contributed by atoms with Gasteiger partial charge in [0, 0.05) is 12.6 Å². The van der Waals surface area contributed by atoms with Gasteiger partial charge in [-0.15, -0.1) is 0 Å². The van der Waals surface area contributed by atoms with Crippen molar-refractivity contribution in [3.05, 3.63) is 0 Å². The Kier molecular flexibility index (Phi) is 3.17. The van der Waals surface area contributed by atoms with Crippen molar-refractivity contribution < 1.29 is 5.11 Å². The summed E-state index contributed by atoms with van der Waals surface area (Å²) in [6.45, 7) is 0.822. The molecule has 0 radical (unpaired) electrons. The van der Waals surface area contributed by atoms with Gasteiger partial charge >= 0.3 is 0 Å². The second-order valence-electron chi connectivity index (χ2n) is 4.35. The molecule has 3 heteroatoms. The summed E-state index contributed by atoms with van der Waals surface area (Å²) in [5.41, 5.74) is -0.343. The monoisotopic (exact) mass is 201 g/mol. The fourth-order valence-corrected chi connectivity index (χ4v) is 3.10. The zero-order valence-corrected chi connectivity index (χ0v) is 8.91. The fourth-order valence-electron chi connectivity index (χ4n) is 2.00. The molecular weight excluding hydrogens is 182 g/mol. The van der Waals surface area contributed by atoms with Gasteiger partial charge in [-0.1, -0.05) is 0 Å². The summed E-state index contributed by atoms with van der Waals surface area (Å²) in [6.07, 6.45) is 5.77. The van der Waals surface area contributed by atoms with Crippen molar-refractivity contribution in [3.63, 3.8) is 0 Å². The highest BCUT2D eigenvalue weighted by Gasteiger charge is 2.34. The van der Waals surface area contributed by atoms with Gasteiger partial charge in [-0.3, -0.25) is 0 Å². The highest BCUT2D eigenvalue weighted by atomic mass is 32.2. The van der Waals surface area contributed by atoms with Gasteiger partial charge in [0.05, 0.1) is 5.60 Å². The van der Waals surface area contributed by atoms with E-state index >= 15 is 0 Å². The van der Waals surface area contributed by atoms with E-state index in [-0.39, 0.29) is 5.60 Å². The van der Waals surface area contributed by atoms with Crippen molar-refractivity contribution in [1.29, 1.82) is 0 Å². The molecule has 0 unspecified atom stereocenters. The van der Waals surface area contributed by atoms with Crippen LogP contribution >= 0.6 is 11.8 Å². The van der Waals surface area contributed by atoms with E-state index in [0.29, 0.717) is 6.04 Å². The van der Waals surface area contributed by atoms with E-state index in [9.17, 15) is 5.11 Å². The van der Waals surface area contributed by atoms with Crippen LogP contribution in [-0.2, 0) is 0 Å². The van der Waals surface area contributed by atoms with Gasteiger partial charge in [-0.05, 0) is 43.6 Å². The lowest BCUT2D eigenvalue weighted by Gasteiger charge is -2.38. The van der Waals surface area contributed by atoms with Gasteiger partial charge in [0.25, 0.3) is 0 Å². The summed E-state index contributed by atoms with van der Waals surface area (Å²) in [4.78, 5) is 0. The van der Waals surface area contributed by atoms with Gasteiger partial charge in [-0.25, -0.2) is 0 Å². The second kappa shape index (κ2) is 4.20. The number of rotatable bonds is 3. The van der Waals surface area contributed by atoms with Crippen molar-refractivity contribution in [2.24, 2.45) is 0 Å². The maximum atomic E-state index is 9.87. The molecule has 2 aliphatic rings. The average Bonchev–Trinajstić information content (AvgIpc) is 2.13. The Balaban J connectivity index is 1.66. The minimum Gasteiger partial charge on any atom is -0.389 e. The Bertz CT molecular complexity index is 164. The molecule has 13 heavy (non-hydrogen) atoms. The van der Waals surface area contributed by atoms with E-state index in [1.54, 1.807) is 0 Å². The van der Waals surface area contributed by atoms with Gasteiger partial charge in [0.1, 0.15) is 0 Å². The normalized spacial score (nSPS) is 28.4. The van der Waals surface area contributed by atoms with Crippen molar-refractivity contribution in [2.45, 2.75) is 43.7 Å². The number of aliphatic hydroxyl groups is 1. The lowest BCUT2D eigenvalue weighted by Crippen LogP contribution is -2.49. The molecule has 0 spiro atoms. The van der Waals surface area contributed by atoms with Gasteiger partial charge in [0.2, 0.25) is 0 Å². The van der Waals surface area contributed by atoms with E-state index in [1.807, 2.05) is 11.8 Å².